The number of carbonyl (C=O) groups is 1. The van der Waals surface area contributed by atoms with Gasteiger partial charge in [0.2, 0.25) is 0 Å². The van der Waals surface area contributed by atoms with Gasteiger partial charge in [-0.15, -0.1) is 5.10 Å². The average Bonchev–Trinajstić information content (AvgIpc) is 3.05. The SMILES string of the molecule is Cn1ccc(-n2nc(C(=O)O)nc2-c2ccccc2)n1. The summed E-state index contributed by atoms with van der Waals surface area (Å²) in [5, 5.41) is 17.3. The lowest BCUT2D eigenvalue weighted by molar-refractivity contribution is 0.0683. The summed E-state index contributed by atoms with van der Waals surface area (Å²) in [5.74, 6) is -0.459. The van der Waals surface area contributed by atoms with Crippen molar-refractivity contribution < 1.29 is 9.90 Å². The number of rotatable bonds is 3. The first-order chi connectivity index (χ1) is 9.65. The number of hydrogen-bond donors (Lipinski definition) is 1. The molecule has 0 saturated carbocycles. The molecule has 1 N–H and O–H groups in total. The van der Waals surface area contributed by atoms with Gasteiger partial charge in [-0.05, 0) is 0 Å². The Labute approximate surface area is 114 Å². The minimum atomic E-state index is -1.17. The molecule has 0 radical (unpaired) electrons. The van der Waals surface area contributed by atoms with Crippen molar-refractivity contribution >= 4 is 5.97 Å². The Morgan fingerprint density at radius 1 is 1.15 bits per heavy atom. The molecule has 0 aliphatic heterocycles. The van der Waals surface area contributed by atoms with E-state index in [4.69, 9.17) is 5.11 Å². The molecule has 2 heterocycles. The predicted octanol–water partition coefficient (Wildman–Crippen LogP) is 1.37. The summed E-state index contributed by atoms with van der Waals surface area (Å²) in [4.78, 5) is 15.1. The van der Waals surface area contributed by atoms with Crippen molar-refractivity contribution in [2.75, 3.05) is 0 Å². The first-order valence-corrected chi connectivity index (χ1v) is 5.91. The molecule has 0 unspecified atom stereocenters. The van der Waals surface area contributed by atoms with E-state index in [1.807, 2.05) is 30.3 Å². The van der Waals surface area contributed by atoms with Crippen LogP contribution in [0.2, 0.25) is 0 Å². The third-order valence-electron chi connectivity index (χ3n) is 2.75. The number of aryl methyl sites for hydroxylation is 1. The first kappa shape index (κ1) is 12.1. The van der Waals surface area contributed by atoms with Gasteiger partial charge < -0.3 is 5.11 Å². The summed E-state index contributed by atoms with van der Waals surface area (Å²) in [6.07, 6.45) is 1.76. The van der Waals surface area contributed by atoms with Crippen molar-refractivity contribution in [1.82, 2.24) is 24.5 Å². The minimum absolute atomic E-state index is 0.255. The molecule has 1 aromatic carbocycles. The van der Waals surface area contributed by atoms with Crippen LogP contribution in [0.3, 0.4) is 0 Å². The highest BCUT2D eigenvalue weighted by molar-refractivity contribution is 5.83. The molecule has 7 heteroatoms. The Balaban J connectivity index is 2.20. The number of hydrogen-bond acceptors (Lipinski definition) is 4. The zero-order chi connectivity index (χ0) is 14.1. The van der Waals surface area contributed by atoms with Gasteiger partial charge in [-0.2, -0.15) is 9.78 Å². The molecule has 0 fully saturated rings. The molecule has 0 aliphatic carbocycles. The summed E-state index contributed by atoms with van der Waals surface area (Å²) in [5.41, 5.74) is 0.776. The topological polar surface area (TPSA) is 85.8 Å². The molecular weight excluding hydrogens is 258 g/mol. The van der Waals surface area contributed by atoms with E-state index in [0.717, 1.165) is 5.56 Å². The van der Waals surface area contributed by atoms with E-state index in [0.29, 0.717) is 11.6 Å². The van der Waals surface area contributed by atoms with Crippen LogP contribution >= 0.6 is 0 Å². The summed E-state index contributed by atoms with van der Waals surface area (Å²) < 4.78 is 3.05. The predicted molar refractivity (Wildman–Crippen MR) is 70.5 cm³/mol. The third kappa shape index (κ3) is 2.05. The first-order valence-electron chi connectivity index (χ1n) is 5.91. The van der Waals surface area contributed by atoms with Crippen LogP contribution in [0.15, 0.2) is 42.6 Å². The fourth-order valence-corrected chi connectivity index (χ4v) is 1.85. The van der Waals surface area contributed by atoms with Crippen LogP contribution in [-0.2, 0) is 7.05 Å². The Kier molecular flexibility index (Phi) is 2.79. The largest absolute Gasteiger partial charge is 0.475 e. The number of aromatic carboxylic acids is 1. The average molecular weight is 269 g/mol. The summed E-state index contributed by atoms with van der Waals surface area (Å²) in [6.45, 7) is 0. The number of nitrogens with zero attached hydrogens (tertiary/aromatic N) is 5. The van der Waals surface area contributed by atoms with E-state index in [2.05, 4.69) is 15.2 Å². The van der Waals surface area contributed by atoms with E-state index in [1.54, 1.807) is 24.0 Å². The summed E-state index contributed by atoms with van der Waals surface area (Å²) >= 11 is 0. The molecule has 2 aromatic heterocycles. The zero-order valence-electron chi connectivity index (χ0n) is 10.6. The van der Waals surface area contributed by atoms with Gasteiger partial charge >= 0.3 is 5.97 Å². The van der Waals surface area contributed by atoms with Crippen LogP contribution in [0.25, 0.3) is 17.2 Å². The van der Waals surface area contributed by atoms with Gasteiger partial charge in [-0.1, -0.05) is 30.3 Å². The Bertz CT molecular complexity index is 760. The van der Waals surface area contributed by atoms with Gasteiger partial charge in [0.25, 0.3) is 5.82 Å². The van der Waals surface area contributed by atoms with Crippen molar-refractivity contribution in [3.05, 3.63) is 48.4 Å². The maximum Gasteiger partial charge on any atom is 0.375 e. The monoisotopic (exact) mass is 269 g/mol. The second kappa shape index (κ2) is 4.61. The lowest BCUT2D eigenvalue weighted by Crippen LogP contribution is -2.03. The highest BCUT2D eigenvalue weighted by atomic mass is 16.4. The molecule has 3 aromatic rings. The second-order valence-electron chi connectivity index (χ2n) is 4.19. The van der Waals surface area contributed by atoms with Gasteiger partial charge in [0.05, 0.1) is 0 Å². The van der Waals surface area contributed by atoms with Gasteiger partial charge in [-0.25, -0.2) is 9.78 Å². The highest BCUT2D eigenvalue weighted by Gasteiger charge is 2.18. The summed E-state index contributed by atoms with van der Waals surface area (Å²) in [6, 6.07) is 11.0. The lowest BCUT2D eigenvalue weighted by Gasteiger charge is -2.01. The van der Waals surface area contributed by atoms with E-state index >= 15 is 0 Å². The Hall–Kier alpha value is -2.96. The van der Waals surface area contributed by atoms with Crippen molar-refractivity contribution in [2.45, 2.75) is 0 Å². The maximum atomic E-state index is 11.1. The van der Waals surface area contributed by atoms with E-state index < -0.39 is 5.97 Å². The van der Waals surface area contributed by atoms with E-state index in [9.17, 15) is 4.79 Å². The van der Waals surface area contributed by atoms with Crippen LogP contribution in [0.4, 0.5) is 0 Å². The van der Waals surface area contributed by atoms with E-state index in [1.165, 1.54) is 4.68 Å². The third-order valence-corrected chi connectivity index (χ3v) is 2.75. The Morgan fingerprint density at radius 3 is 2.50 bits per heavy atom. The van der Waals surface area contributed by atoms with Gasteiger partial charge in [0.1, 0.15) is 0 Å². The molecule has 0 saturated heterocycles. The fourth-order valence-electron chi connectivity index (χ4n) is 1.85. The zero-order valence-corrected chi connectivity index (χ0v) is 10.6. The standard InChI is InChI=1S/C13H11N5O2/c1-17-8-7-10(15-17)18-12(9-5-3-2-4-6-9)14-11(16-18)13(19)20/h2-8H,1H3,(H,19,20). The number of carboxylic acid groups (broad SMARTS) is 1. The molecular formula is C13H11N5O2. The fraction of sp³-hybridized carbons (Fsp3) is 0.0769. The van der Waals surface area contributed by atoms with Crippen molar-refractivity contribution in [1.29, 1.82) is 0 Å². The van der Waals surface area contributed by atoms with Gasteiger partial charge in [-0.3, -0.25) is 4.68 Å². The summed E-state index contributed by atoms with van der Waals surface area (Å²) in [7, 11) is 1.78. The van der Waals surface area contributed by atoms with Crippen molar-refractivity contribution in [3.63, 3.8) is 0 Å². The molecule has 7 nitrogen and oxygen atoms in total. The molecule has 100 valence electrons. The van der Waals surface area contributed by atoms with Crippen molar-refractivity contribution in [2.24, 2.45) is 7.05 Å². The van der Waals surface area contributed by atoms with Crippen molar-refractivity contribution in [3.8, 4) is 17.2 Å². The molecule has 0 aliphatic rings. The van der Waals surface area contributed by atoms with Crippen LogP contribution in [0.1, 0.15) is 10.6 Å². The van der Waals surface area contributed by atoms with Crippen LogP contribution in [0, 0.1) is 0 Å². The minimum Gasteiger partial charge on any atom is -0.475 e. The smallest absolute Gasteiger partial charge is 0.375 e. The number of benzene rings is 1. The van der Waals surface area contributed by atoms with Gasteiger partial charge in [0.15, 0.2) is 11.6 Å². The molecule has 0 spiro atoms. The number of aromatic nitrogens is 5. The van der Waals surface area contributed by atoms with Gasteiger partial charge in [0, 0.05) is 24.9 Å². The molecule has 3 rings (SSSR count). The number of carboxylic acids is 1. The normalized spacial score (nSPS) is 10.7. The Morgan fingerprint density at radius 2 is 1.90 bits per heavy atom. The second-order valence-corrected chi connectivity index (χ2v) is 4.19. The van der Waals surface area contributed by atoms with Crippen LogP contribution < -0.4 is 0 Å². The van der Waals surface area contributed by atoms with E-state index in [-0.39, 0.29) is 5.82 Å². The maximum absolute atomic E-state index is 11.1. The highest BCUT2D eigenvalue weighted by Crippen LogP contribution is 2.19. The molecule has 20 heavy (non-hydrogen) atoms. The molecule has 0 amide bonds. The lowest BCUT2D eigenvalue weighted by atomic mass is 10.2. The molecule has 0 bridgehead atoms. The quantitative estimate of drug-likeness (QED) is 0.776. The molecule has 0 atom stereocenters. The van der Waals surface area contributed by atoms with Crippen LogP contribution in [0.5, 0.6) is 0 Å². The van der Waals surface area contributed by atoms with Crippen LogP contribution in [-0.4, -0.2) is 35.6 Å².